The number of carbonyl (C=O) groups is 2. The number of nitrogens with zero attached hydrogens (tertiary/aromatic N) is 2. The lowest BCUT2D eigenvalue weighted by Gasteiger charge is -2.15. The first kappa shape index (κ1) is 25.5. The molecule has 0 aliphatic carbocycles. The lowest BCUT2D eigenvalue weighted by atomic mass is 10.0. The van der Waals surface area contributed by atoms with E-state index in [0.717, 1.165) is 35.2 Å². The van der Waals surface area contributed by atoms with Gasteiger partial charge in [0.1, 0.15) is 34.9 Å². The average molecular weight is 516 g/mol. The molecule has 0 spiro atoms. The minimum Gasteiger partial charge on any atom is -0.443 e. The highest BCUT2D eigenvalue weighted by atomic mass is 19.1. The predicted octanol–water partition coefficient (Wildman–Crippen LogP) is 4.78. The minimum atomic E-state index is -0.827. The molecule has 3 N–H and O–H groups in total. The molecule has 2 amide bonds. The smallest absolute Gasteiger partial charge is 0.414 e. The van der Waals surface area contributed by atoms with E-state index in [4.69, 9.17) is 14.9 Å². The number of hydrogen-bond acceptors (Lipinski definition) is 6. The number of rotatable bonds is 4. The van der Waals surface area contributed by atoms with Crippen LogP contribution in [-0.2, 0) is 9.53 Å². The highest BCUT2D eigenvalue weighted by molar-refractivity contribution is 5.90. The third-order valence-corrected chi connectivity index (χ3v) is 5.30. The zero-order chi connectivity index (χ0) is 26.7. The fourth-order valence-corrected chi connectivity index (χ4v) is 3.67. The summed E-state index contributed by atoms with van der Waals surface area (Å²) in [4.78, 5) is 28.1. The molecule has 0 saturated carbocycles. The summed E-state index contributed by atoms with van der Waals surface area (Å²) >= 11 is 0. The maximum absolute atomic E-state index is 14.7. The van der Waals surface area contributed by atoms with Crippen molar-refractivity contribution in [3.05, 3.63) is 78.2 Å². The summed E-state index contributed by atoms with van der Waals surface area (Å²) in [5.41, 5.74) is 6.26. The second kappa shape index (κ2) is 10.6. The Labute approximate surface area is 207 Å². The first-order chi connectivity index (χ1) is 17.6. The van der Waals surface area contributed by atoms with Crippen molar-refractivity contribution >= 4 is 34.5 Å². The van der Waals surface area contributed by atoms with E-state index < -0.39 is 35.5 Å². The van der Waals surface area contributed by atoms with Crippen LogP contribution in [0.3, 0.4) is 0 Å². The Morgan fingerprint density at radius 1 is 1.08 bits per heavy atom. The molecule has 1 aliphatic heterocycles. The van der Waals surface area contributed by atoms with Gasteiger partial charge in [-0.2, -0.15) is 0 Å². The Balaban J connectivity index is 0.000000301. The molecule has 0 radical (unpaired) electrons. The zero-order valence-corrected chi connectivity index (χ0v) is 19.3. The van der Waals surface area contributed by atoms with Gasteiger partial charge in [0.05, 0.1) is 24.3 Å². The Kier molecular flexibility index (Phi) is 7.27. The van der Waals surface area contributed by atoms with Gasteiger partial charge in [0.25, 0.3) is 0 Å². The van der Waals surface area contributed by atoms with E-state index in [1.165, 1.54) is 19.4 Å². The number of nitrogens with one attached hydrogen (secondary N) is 1. The third kappa shape index (κ3) is 5.97. The van der Waals surface area contributed by atoms with Crippen molar-refractivity contribution in [3.63, 3.8) is 0 Å². The Morgan fingerprint density at radius 3 is 2.38 bits per heavy atom. The number of carbonyl (C=O) groups excluding carboxylic acids is 2. The third-order valence-electron chi connectivity index (χ3n) is 5.30. The number of anilines is 2. The number of fused-ring (bicyclic) bond motifs is 1. The molecule has 5 rings (SSSR count). The molecule has 1 fully saturated rings. The molecular formula is C25H20F4N4O4. The zero-order valence-electron chi connectivity index (χ0n) is 19.3. The standard InChI is InChI=1S/C19H15F2N3O4.C6H5F2N/c1-10(25)22-7-13-8-24(19(26)28-13)12-5-14(20)18(15(21)6-12)11-2-3-16-17(4-11)27-9-23-16;7-4-1-5(8)3-6(9)2-4/h2-6,9,13H,7-8H2,1H3,(H,22,25);1-3H,9H2. The molecule has 1 atom stereocenters. The fraction of sp³-hybridized carbons (Fsp3) is 0.160. The summed E-state index contributed by atoms with van der Waals surface area (Å²) in [5, 5.41) is 2.54. The van der Waals surface area contributed by atoms with E-state index in [9.17, 15) is 27.2 Å². The van der Waals surface area contributed by atoms with Crippen LogP contribution in [0.5, 0.6) is 0 Å². The minimum absolute atomic E-state index is 0.0369. The quantitative estimate of drug-likeness (QED) is 0.298. The number of halogens is 4. The van der Waals surface area contributed by atoms with E-state index in [2.05, 4.69) is 10.3 Å². The van der Waals surface area contributed by atoms with Crippen LogP contribution in [0, 0.1) is 23.3 Å². The van der Waals surface area contributed by atoms with Gasteiger partial charge < -0.3 is 20.2 Å². The van der Waals surface area contributed by atoms with Crippen LogP contribution in [0.4, 0.5) is 33.7 Å². The van der Waals surface area contributed by atoms with Gasteiger partial charge in [-0.3, -0.25) is 9.69 Å². The van der Waals surface area contributed by atoms with Gasteiger partial charge in [0, 0.05) is 18.7 Å². The van der Waals surface area contributed by atoms with Crippen LogP contribution in [-0.4, -0.2) is 36.2 Å². The maximum atomic E-state index is 14.7. The van der Waals surface area contributed by atoms with Crippen molar-refractivity contribution < 1.29 is 36.3 Å². The number of nitrogens with two attached hydrogens (primary N) is 1. The van der Waals surface area contributed by atoms with Crippen molar-refractivity contribution in [3.8, 4) is 11.1 Å². The molecule has 1 aliphatic rings. The van der Waals surface area contributed by atoms with Gasteiger partial charge in [0.15, 0.2) is 12.0 Å². The van der Waals surface area contributed by atoms with Gasteiger partial charge in [-0.05, 0) is 42.0 Å². The Bertz CT molecular complexity index is 1400. The predicted molar refractivity (Wildman–Crippen MR) is 126 cm³/mol. The molecule has 12 heteroatoms. The topological polar surface area (TPSA) is 111 Å². The summed E-state index contributed by atoms with van der Waals surface area (Å²) < 4.78 is 64.0. The molecular weight excluding hydrogens is 496 g/mol. The highest BCUT2D eigenvalue weighted by Gasteiger charge is 2.33. The number of hydrogen-bond donors (Lipinski definition) is 2. The maximum Gasteiger partial charge on any atom is 0.414 e. The monoisotopic (exact) mass is 516 g/mol. The average Bonchev–Trinajstić information content (AvgIpc) is 3.42. The first-order valence-corrected chi connectivity index (χ1v) is 10.9. The number of oxazole rings is 1. The van der Waals surface area contributed by atoms with E-state index >= 15 is 0 Å². The van der Waals surface area contributed by atoms with Crippen molar-refractivity contribution in [2.45, 2.75) is 13.0 Å². The van der Waals surface area contributed by atoms with E-state index in [1.54, 1.807) is 12.1 Å². The molecule has 2 heterocycles. The molecule has 0 bridgehead atoms. The molecule has 192 valence electrons. The Hall–Kier alpha value is -4.61. The molecule has 1 unspecified atom stereocenters. The van der Waals surface area contributed by atoms with Crippen LogP contribution in [0.15, 0.2) is 59.3 Å². The van der Waals surface area contributed by atoms with Crippen molar-refractivity contribution in [1.29, 1.82) is 0 Å². The SMILES string of the molecule is CC(=O)NCC1CN(c2cc(F)c(-c3ccc4ncoc4c3)c(F)c2)C(=O)O1.Nc1cc(F)cc(F)c1. The number of cyclic esters (lactones) is 1. The Morgan fingerprint density at radius 2 is 1.76 bits per heavy atom. The summed E-state index contributed by atoms with van der Waals surface area (Å²) in [6.07, 6.45) is -0.0817. The summed E-state index contributed by atoms with van der Waals surface area (Å²) in [6, 6.07) is 9.68. The summed E-state index contributed by atoms with van der Waals surface area (Å²) in [6.45, 7) is 1.54. The molecule has 8 nitrogen and oxygen atoms in total. The number of benzene rings is 3. The first-order valence-electron chi connectivity index (χ1n) is 10.9. The van der Waals surface area contributed by atoms with Crippen molar-refractivity contribution in [2.24, 2.45) is 0 Å². The fourth-order valence-electron chi connectivity index (χ4n) is 3.67. The molecule has 1 aromatic heterocycles. The molecule has 37 heavy (non-hydrogen) atoms. The molecule has 4 aromatic rings. The highest BCUT2D eigenvalue weighted by Crippen LogP contribution is 2.33. The van der Waals surface area contributed by atoms with Gasteiger partial charge >= 0.3 is 6.09 Å². The van der Waals surface area contributed by atoms with Crippen LogP contribution >= 0.6 is 0 Å². The van der Waals surface area contributed by atoms with Crippen LogP contribution < -0.4 is 16.0 Å². The van der Waals surface area contributed by atoms with Gasteiger partial charge in [0.2, 0.25) is 5.91 Å². The van der Waals surface area contributed by atoms with E-state index in [-0.39, 0.29) is 35.9 Å². The summed E-state index contributed by atoms with van der Waals surface area (Å²) in [5.74, 6) is -3.21. The second-order valence-electron chi connectivity index (χ2n) is 8.08. The van der Waals surface area contributed by atoms with Crippen LogP contribution in [0.25, 0.3) is 22.2 Å². The molecule has 1 saturated heterocycles. The number of nitrogen functional groups attached to an aromatic ring is 1. The van der Waals surface area contributed by atoms with Gasteiger partial charge in [-0.15, -0.1) is 0 Å². The number of aromatic nitrogens is 1. The van der Waals surface area contributed by atoms with E-state index in [1.807, 2.05) is 0 Å². The normalized spacial score (nSPS) is 14.8. The van der Waals surface area contributed by atoms with Crippen LogP contribution in [0.1, 0.15) is 6.92 Å². The second-order valence-corrected chi connectivity index (χ2v) is 8.08. The number of ether oxygens (including phenoxy) is 1. The van der Waals surface area contributed by atoms with Crippen LogP contribution in [0.2, 0.25) is 0 Å². The molecule has 3 aromatic carbocycles. The lowest BCUT2D eigenvalue weighted by Crippen LogP contribution is -2.33. The summed E-state index contributed by atoms with van der Waals surface area (Å²) in [7, 11) is 0. The van der Waals surface area contributed by atoms with Crippen molar-refractivity contribution in [2.75, 3.05) is 23.7 Å². The lowest BCUT2D eigenvalue weighted by molar-refractivity contribution is -0.119. The van der Waals surface area contributed by atoms with Gasteiger partial charge in [-0.1, -0.05) is 6.07 Å². The van der Waals surface area contributed by atoms with Crippen molar-refractivity contribution in [1.82, 2.24) is 10.3 Å². The number of amides is 2. The van der Waals surface area contributed by atoms with Gasteiger partial charge in [-0.25, -0.2) is 27.3 Å². The largest absolute Gasteiger partial charge is 0.443 e. The van der Waals surface area contributed by atoms with E-state index in [0.29, 0.717) is 16.7 Å².